The van der Waals surface area contributed by atoms with E-state index in [4.69, 9.17) is 0 Å². The maximum atomic E-state index is 12.7. The molecule has 0 aliphatic heterocycles. The third-order valence-electron chi connectivity index (χ3n) is 4.35. The van der Waals surface area contributed by atoms with E-state index in [1.807, 2.05) is 62.4 Å². The number of para-hydroxylation sites is 1. The van der Waals surface area contributed by atoms with Gasteiger partial charge in [-0.15, -0.1) is 5.10 Å². The van der Waals surface area contributed by atoms with Crippen LogP contribution in [-0.4, -0.2) is 25.9 Å². The second kappa shape index (κ2) is 6.92. The van der Waals surface area contributed by atoms with E-state index in [1.165, 1.54) is 0 Å². The zero-order valence-corrected chi connectivity index (χ0v) is 16.4. The number of pyridine rings is 1. The zero-order valence-electron chi connectivity index (χ0n) is 14.8. The fourth-order valence-corrected chi connectivity index (χ4v) is 3.25. The lowest BCUT2D eigenvalue weighted by molar-refractivity contribution is 0.102. The first kappa shape index (κ1) is 17.4. The number of nitrogens with zero attached hydrogens (tertiary/aromatic N) is 4. The van der Waals surface area contributed by atoms with Crippen molar-refractivity contribution in [3.05, 3.63) is 76.0 Å². The van der Waals surface area contributed by atoms with Gasteiger partial charge in [-0.1, -0.05) is 45.4 Å². The fourth-order valence-electron chi connectivity index (χ4n) is 2.90. The number of hydrogen-bond donors (Lipinski definition) is 1. The predicted octanol–water partition coefficient (Wildman–Crippen LogP) is 4.45. The van der Waals surface area contributed by atoms with Gasteiger partial charge in [-0.2, -0.15) is 0 Å². The largest absolute Gasteiger partial charge is 0.305 e. The fraction of sp³-hybridized carbons (Fsp3) is 0.100. The van der Waals surface area contributed by atoms with Crippen LogP contribution in [0.4, 0.5) is 5.82 Å². The molecule has 0 spiro atoms. The first-order valence-electron chi connectivity index (χ1n) is 8.39. The number of anilines is 1. The van der Waals surface area contributed by atoms with Crippen molar-refractivity contribution in [1.82, 2.24) is 20.0 Å². The zero-order chi connectivity index (χ0) is 19.0. The van der Waals surface area contributed by atoms with Crippen LogP contribution in [0.3, 0.4) is 0 Å². The molecule has 0 bridgehead atoms. The Bertz CT molecular complexity index is 1170. The Morgan fingerprint density at radius 3 is 2.67 bits per heavy atom. The smallest absolute Gasteiger partial charge is 0.279 e. The molecule has 1 N–H and O–H groups in total. The van der Waals surface area contributed by atoms with Crippen molar-refractivity contribution in [2.24, 2.45) is 0 Å². The van der Waals surface area contributed by atoms with Gasteiger partial charge in [0, 0.05) is 9.86 Å². The minimum absolute atomic E-state index is 0.273. The van der Waals surface area contributed by atoms with Crippen molar-refractivity contribution < 1.29 is 4.79 Å². The van der Waals surface area contributed by atoms with Crippen molar-refractivity contribution in [2.75, 3.05) is 5.32 Å². The molecule has 2 aromatic carbocycles. The molecule has 1 amide bonds. The van der Waals surface area contributed by atoms with E-state index in [-0.39, 0.29) is 11.6 Å². The van der Waals surface area contributed by atoms with E-state index in [1.54, 1.807) is 10.7 Å². The Labute approximate surface area is 164 Å². The van der Waals surface area contributed by atoms with Gasteiger partial charge in [0.25, 0.3) is 5.91 Å². The highest BCUT2D eigenvalue weighted by atomic mass is 79.9. The number of fused-ring (bicyclic) bond motifs is 1. The van der Waals surface area contributed by atoms with Gasteiger partial charge < -0.3 is 5.32 Å². The molecule has 4 aromatic rings. The second-order valence-corrected chi connectivity index (χ2v) is 7.13. The standard InChI is InChI=1S/C20H16BrN5O/c1-12-5-3-4-6-17(12)26-13(2)19(24-25-26)20(27)23-18-10-8-14-7-9-15(21)11-16(14)22-18/h3-11H,1-2H3,(H,22,23,27). The Kier molecular flexibility index (Phi) is 4.45. The van der Waals surface area contributed by atoms with E-state index in [0.29, 0.717) is 11.5 Å². The number of rotatable bonds is 3. The Morgan fingerprint density at radius 1 is 1.07 bits per heavy atom. The van der Waals surface area contributed by atoms with Crippen LogP contribution in [0.5, 0.6) is 0 Å². The average molecular weight is 422 g/mol. The predicted molar refractivity (Wildman–Crippen MR) is 108 cm³/mol. The molecule has 0 aliphatic rings. The van der Waals surface area contributed by atoms with E-state index in [0.717, 1.165) is 26.6 Å². The number of carbonyl (C=O) groups is 1. The van der Waals surface area contributed by atoms with Gasteiger partial charge >= 0.3 is 0 Å². The summed E-state index contributed by atoms with van der Waals surface area (Å²) in [5.74, 6) is 0.129. The Morgan fingerprint density at radius 2 is 1.85 bits per heavy atom. The lowest BCUT2D eigenvalue weighted by Crippen LogP contribution is -2.15. The van der Waals surface area contributed by atoms with Crippen LogP contribution < -0.4 is 5.32 Å². The molecular weight excluding hydrogens is 406 g/mol. The number of amides is 1. The summed E-state index contributed by atoms with van der Waals surface area (Å²) in [4.78, 5) is 17.2. The van der Waals surface area contributed by atoms with Crippen LogP contribution in [0.1, 0.15) is 21.7 Å². The van der Waals surface area contributed by atoms with E-state index >= 15 is 0 Å². The number of aromatic nitrogens is 4. The number of nitrogens with one attached hydrogen (secondary N) is 1. The van der Waals surface area contributed by atoms with Gasteiger partial charge in [0.1, 0.15) is 5.82 Å². The molecule has 4 rings (SSSR count). The van der Waals surface area contributed by atoms with Crippen LogP contribution in [0.2, 0.25) is 0 Å². The first-order chi connectivity index (χ1) is 13.0. The molecule has 2 heterocycles. The highest BCUT2D eigenvalue weighted by molar-refractivity contribution is 9.10. The maximum absolute atomic E-state index is 12.7. The second-order valence-electron chi connectivity index (χ2n) is 6.21. The molecule has 0 unspecified atom stereocenters. The summed E-state index contributed by atoms with van der Waals surface area (Å²) in [7, 11) is 0. The molecule has 0 saturated carbocycles. The Hall–Kier alpha value is -3.06. The SMILES string of the molecule is Cc1ccccc1-n1nnc(C(=O)Nc2ccc3ccc(Br)cc3n2)c1C. The minimum atomic E-state index is -0.339. The van der Waals surface area contributed by atoms with Gasteiger partial charge in [-0.25, -0.2) is 9.67 Å². The maximum Gasteiger partial charge on any atom is 0.279 e. The molecule has 27 heavy (non-hydrogen) atoms. The van der Waals surface area contributed by atoms with Gasteiger partial charge in [0.15, 0.2) is 5.69 Å². The third-order valence-corrected chi connectivity index (χ3v) is 4.84. The normalized spacial score (nSPS) is 10.9. The van der Waals surface area contributed by atoms with Crippen molar-refractivity contribution in [2.45, 2.75) is 13.8 Å². The summed E-state index contributed by atoms with van der Waals surface area (Å²) in [6, 6.07) is 17.4. The summed E-state index contributed by atoms with van der Waals surface area (Å²) in [5, 5.41) is 12.0. The van der Waals surface area contributed by atoms with Crippen LogP contribution in [-0.2, 0) is 0 Å². The molecule has 0 aliphatic carbocycles. The van der Waals surface area contributed by atoms with Crippen molar-refractivity contribution >= 4 is 38.6 Å². The third kappa shape index (κ3) is 3.33. The van der Waals surface area contributed by atoms with Crippen molar-refractivity contribution in [3.8, 4) is 5.69 Å². The quantitative estimate of drug-likeness (QED) is 0.530. The topological polar surface area (TPSA) is 72.7 Å². The van der Waals surface area contributed by atoms with Crippen LogP contribution in [0.15, 0.2) is 59.1 Å². The lowest BCUT2D eigenvalue weighted by atomic mass is 10.2. The van der Waals surface area contributed by atoms with Gasteiger partial charge in [-0.05, 0) is 49.7 Å². The van der Waals surface area contributed by atoms with Crippen LogP contribution in [0.25, 0.3) is 16.6 Å². The number of benzene rings is 2. The Balaban J connectivity index is 1.63. The number of aryl methyl sites for hydroxylation is 1. The molecule has 134 valence electrons. The average Bonchev–Trinajstić information content (AvgIpc) is 3.03. The van der Waals surface area contributed by atoms with Crippen molar-refractivity contribution in [3.63, 3.8) is 0 Å². The van der Waals surface area contributed by atoms with E-state index in [9.17, 15) is 4.79 Å². The molecule has 0 fully saturated rings. The highest BCUT2D eigenvalue weighted by Crippen LogP contribution is 2.21. The molecule has 6 nitrogen and oxygen atoms in total. The van der Waals surface area contributed by atoms with Gasteiger partial charge in [0.2, 0.25) is 0 Å². The molecular formula is C20H16BrN5O. The van der Waals surface area contributed by atoms with E-state index < -0.39 is 0 Å². The molecule has 2 aromatic heterocycles. The van der Waals surface area contributed by atoms with Gasteiger partial charge in [-0.3, -0.25) is 4.79 Å². The summed E-state index contributed by atoms with van der Waals surface area (Å²) in [6.45, 7) is 3.82. The highest BCUT2D eigenvalue weighted by Gasteiger charge is 2.18. The van der Waals surface area contributed by atoms with Crippen molar-refractivity contribution in [1.29, 1.82) is 0 Å². The summed E-state index contributed by atoms with van der Waals surface area (Å²) < 4.78 is 2.61. The molecule has 0 atom stereocenters. The molecule has 0 radical (unpaired) electrons. The summed E-state index contributed by atoms with van der Waals surface area (Å²) in [6.07, 6.45) is 0. The number of hydrogen-bond acceptors (Lipinski definition) is 4. The van der Waals surface area contributed by atoms with E-state index in [2.05, 4.69) is 36.5 Å². The number of carbonyl (C=O) groups excluding carboxylic acids is 1. The number of halogens is 1. The lowest BCUT2D eigenvalue weighted by Gasteiger charge is -2.07. The summed E-state index contributed by atoms with van der Waals surface area (Å²) in [5.41, 5.74) is 3.69. The van der Waals surface area contributed by atoms with Crippen LogP contribution >= 0.6 is 15.9 Å². The minimum Gasteiger partial charge on any atom is -0.305 e. The van der Waals surface area contributed by atoms with Gasteiger partial charge in [0.05, 0.1) is 16.9 Å². The molecule has 7 heteroatoms. The molecule has 0 saturated heterocycles. The van der Waals surface area contributed by atoms with Crippen LogP contribution in [0, 0.1) is 13.8 Å². The first-order valence-corrected chi connectivity index (χ1v) is 9.18. The monoisotopic (exact) mass is 421 g/mol. The summed E-state index contributed by atoms with van der Waals surface area (Å²) >= 11 is 3.44.